The number of cyclic esters (lactones) is 1. The van der Waals surface area contributed by atoms with Gasteiger partial charge in [-0.2, -0.15) is 0 Å². The SMILES string of the molecule is C[C@@H](O)C[C@H](C[C@H]1CC=CC(=O)O1)O[Si](C)(C)C(C)(C)C. The number of aliphatic hydroxyl groups excluding tert-OH is 1. The van der Waals surface area contributed by atoms with Crippen LogP contribution in [0.15, 0.2) is 12.2 Å². The van der Waals surface area contributed by atoms with Gasteiger partial charge in [0.2, 0.25) is 0 Å². The van der Waals surface area contributed by atoms with Crippen molar-refractivity contribution >= 4 is 14.3 Å². The molecule has 0 spiro atoms. The van der Waals surface area contributed by atoms with Crippen molar-refractivity contribution in [1.82, 2.24) is 0 Å². The molecule has 0 saturated carbocycles. The van der Waals surface area contributed by atoms with E-state index < -0.39 is 14.4 Å². The van der Waals surface area contributed by atoms with Crippen molar-refractivity contribution in [2.45, 2.75) is 83.4 Å². The first kappa shape index (κ1) is 18.4. The van der Waals surface area contributed by atoms with Gasteiger partial charge in [0.15, 0.2) is 8.32 Å². The highest BCUT2D eigenvalue weighted by atomic mass is 28.4. The van der Waals surface area contributed by atoms with Gasteiger partial charge in [0, 0.05) is 18.9 Å². The summed E-state index contributed by atoms with van der Waals surface area (Å²) in [5.74, 6) is -0.283. The standard InChI is InChI=1S/C16H30O4Si/c1-12(17)10-14(20-21(5,6)16(2,3)4)11-13-8-7-9-15(18)19-13/h7,9,12-14,17H,8,10-11H2,1-6H3/t12-,13-,14-/m1/s1. The molecule has 0 fully saturated rings. The molecule has 1 aliphatic rings. The van der Waals surface area contributed by atoms with Gasteiger partial charge in [-0.25, -0.2) is 4.79 Å². The predicted octanol–water partition coefficient (Wildman–Crippen LogP) is 3.41. The van der Waals surface area contributed by atoms with Crippen molar-refractivity contribution < 1.29 is 19.1 Å². The molecule has 0 radical (unpaired) electrons. The van der Waals surface area contributed by atoms with E-state index in [9.17, 15) is 9.90 Å². The van der Waals surface area contributed by atoms with Crippen molar-refractivity contribution in [3.63, 3.8) is 0 Å². The molecule has 0 aromatic heterocycles. The summed E-state index contributed by atoms with van der Waals surface area (Å²) in [6, 6.07) is 0. The molecule has 5 heteroatoms. The van der Waals surface area contributed by atoms with E-state index in [2.05, 4.69) is 33.9 Å². The van der Waals surface area contributed by atoms with Crippen LogP contribution in [0.2, 0.25) is 18.1 Å². The summed E-state index contributed by atoms with van der Waals surface area (Å²) >= 11 is 0. The maximum Gasteiger partial charge on any atom is 0.330 e. The van der Waals surface area contributed by atoms with Crippen molar-refractivity contribution in [2.75, 3.05) is 0 Å². The zero-order valence-corrected chi connectivity index (χ0v) is 15.2. The second kappa shape index (κ2) is 7.07. The first-order valence-corrected chi connectivity index (χ1v) is 10.6. The van der Waals surface area contributed by atoms with E-state index in [0.717, 1.165) is 6.42 Å². The molecule has 0 aliphatic carbocycles. The van der Waals surface area contributed by atoms with Crippen molar-refractivity contribution in [1.29, 1.82) is 0 Å². The lowest BCUT2D eigenvalue weighted by atomic mass is 10.0. The Kier molecular flexibility index (Phi) is 6.19. The fourth-order valence-electron chi connectivity index (χ4n) is 2.17. The fourth-order valence-corrected chi connectivity index (χ4v) is 3.55. The Morgan fingerprint density at radius 1 is 1.48 bits per heavy atom. The predicted molar refractivity (Wildman–Crippen MR) is 86.6 cm³/mol. The number of hydrogen-bond acceptors (Lipinski definition) is 4. The lowest BCUT2D eigenvalue weighted by Crippen LogP contribution is -2.45. The summed E-state index contributed by atoms with van der Waals surface area (Å²) in [6.07, 6.45) is 4.62. The van der Waals surface area contributed by atoms with Gasteiger partial charge in [0.25, 0.3) is 0 Å². The Morgan fingerprint density at radius 2 is 2.10 bits per heavy atom. The monoisotopic (exact) mass is 314 g/mol. The Labute approximate surface area is 129 Å². The highest BCUT2D eigenvalue weighted by Gasteiger charge is 2.40. The minimum Gasteiger partial charge on any atom is -0.459 e. The molecule has 0 bridgehead atoms. The van der Waals surface area contributed by atoms with Crippen LogP contribution in [0.25, 0.3) is 0 Å². The van der Waals surface area contributed by atoms with Crippen LogP contribution in [-0.2, 0) is 14.0 Å². The molecule has 0 unspecified atom stereocenters. The fraction of sp³-hybridized carbons (Fsp3) is 0.812. The van der Waals surface area contributed by atoms with Crippen LogP contribution in [0.5, 0.6) is 0 Å². The van der Waals surface area contributed by atoms with E-state index in [1.807, 2.05) is 6.08 Å². The summed E-state index contributed by atoms with van der Waals surface area (Å²) in [5, 5.41) is 9.84. The first-order valence-electron chi connectivity index (χ1n) is 7.74. The Morgan fingerprint density at radius 3 is 2.57 bits per heavy atom. The number of aliphatic hydroxyl groups is 1. The van der Waals surface area contributed by atoms with Gasteiger partial charge in [-0.1, -0.05) is 26.8 Å². The molecule has 0 aromatic carbocycles. The highest BCUT2D eigenvalue weighted by molar-refractivity contribution is 6.74. The van der Waals surface area contributed by atoms with Gasteiger partial charge in [0.1, 0.15) is 6.10 Å². The Hall–Kier alpha value is -0.653. The molecule has 0 saturated heterocycles. The van der Waals surface area contributed by atoms with Crippen LogP contribution in [0.3, 0.4) is 0 Å². The number of esters is 1. The molecule has 122 valence electrons. The third-order valence-electron chi connectivity index (χ3n) is 4.33. The minimum absolute atomic E-state index is 0.0739. The van der Waals surface area contributed by atoms with E-state index in [1.54, 1.807) is 6.92 Å². The minimum atomic E-state index is -1.91. The maximum atomic E-state index is 11.3. The van der Waals surface area contributed by atoms with Crippen LogP contribution in [0.1, 0.15) is 47.0 Å². The van der Waals surface area contributed by atoms with E-state index in [1.165, 1.54) is 6.08 Å². The largest absolute Gasteiger partial charge is 0.459 e. The molecule has 21 heavy (non-hydrogen) atoms. The van der Waals surface area contributed by atoms with Crippen LogP contribution in [0.4, 0.5) is 0 Å². The average molecular weight is 314 g/mol. The number of ether oxygens (including phenoxy) is 1. The van der Waals surface area contributed by atoms with Gasteiger partial charge in [0.05, 0.1) is 12.2 Å². The first-order chi connectivity index (χ1) is 9.51. The smallest absolute Gasteiger partial charge is 0.330 e. The molecule has 1 N–H and O–H groups in total. The van der Waals surface area contributed by atoms with E-state index in [-0.39, 0.29) is 23.2 Å². The molecule has 0 aromatic rings. The zero-order valence-electron chi connectivity index (χ0n) is 14.2. The van der Waals surface area contributed by atoms with Crippen LogP contribution < -0.4 is 0 Å². The van der Waals surface area contributed by atoms with Crippen LogP contribution in [0, 0.1) is 0 Å². The summed E-state index contributed by atoms with van der Waals surface area (Å²) in [4.78, 5) is 11.3. The molecule has 0 amide bonds. The summed E-state index contributed by atoms with van der Waals surface area (Å²) < 4.78 is 11.7. The van der Waals surface area contributed by atoms with E-state index in [0.29, 0.717) is 12.8 Å². The van der Waals surface area contributed by atoms with Crippen LogP contribution in [-0.4, -0.2) is 37.7 Å². The number of carbonyl (C=O) groups is 1. The van der Waals surface area contributed by atoms with Gasteiger partial charge in [-0.05, 0) is 31.5 Å². The van der Waals surface area contributed by atoms with Crippen molar-refractivity contribution in [2.24, 2.45) is 0 Å². The quantitative estimate of drug-likeness (QED) is 0.603. The van der Waals surface area contributed by atoms with Gasteiger partial charge >= 0.3 is 5.97 Å². The van der Waals surface area contributed by atoms with E-state index >= 15 is 0 Å². The number of rotatable bonds is 6. The summed E-state index contributed by atoms with van der Waals surface area (Å²) in [7, 11) is -1.91. The summed E-state index contributed by atoms with van der Waals surface area (Å²) in [5.41, 5.74) is 0. The highest BCUT2D eigenvalue weighted by Crippen LogP contribution is 2.38. The second-order valence-corrected chi connectivity index (χ2v) is 12.3. The van der Waals surface area contributed by atoms with Gasteiger partial charge < -0.3 is 14.3 Å². The van der Waals surface area contributed by atoms with E-state index in [4.69, 9.17) is 9.16 Å². The average Bonchev–Trinajstić information content (AvgIpc) is 2.25. The Bertz CT molecular complexity index is 382. The molecule has 3 atom stereocenters. The molecule has 1 heterocycles. The number of carbonyl (C=O) groups excluding carboxylic acids is 1. The second-order valence-electron chi connectivity index (χ2n) is 7.52. The topological polar surface area (TPSA) is 55.8 Å². The molecular weight excluding hydrogens is 284 g/mol. The van der Waals surface area contributed by atoms with Crippen molar-refractivity contribution in [3.05, 3.63) is 12.2 Å². The van der Waals surface area contributed by atoms with Gasteiger partial charge in [-0.15, -0.1) is 0 Å². The molecule has 4 nitrogen and oxygen atoms in total. The Balaban J connectivity index is 2.72. The third-order valence-corrected chi connectivity index (χ3v) is 8.87. The molecule has 1 rings (SSSR count). The number of hydrogen-bond donors (Lipinski definition) is 1. The van der Waals surface area contributed by atoms with Gasteiger partial charge in [-0.3, -0.25) is 0 Å². The van der Waals surface area contributed by atoms with Crippen LogP contribution >= 0.6 is 0 Å². The molecular formula is C16H30O4Si. The lowest BCUT2D eigenvalue weighted by molar-refractivity contribution is -0.145. The van der Waals surface area contributed by atoms with Crippen molar-refractivity contribution in [3.8, 4) is 0 Å². The maximum absolute atomic E-state index is 11.3. The third kappa shape index (κ3) is 5.92. The summed E-state index contributed by atoms with van der Waals surface area (Å²) in [6.45, 7) is 12.8. The zero-order chi connectivity index (χ0) is 16.3. The normalized spacial score (nSPS) is 22.8. The lowest BCUT2D eigenvalue weighted by Gasteiger charge is -2.40. The molecule has 1 aliphatic heterocycles.